The first kappa shape index (κ1) is 17.7. The molecule has 3 heterocycles. The van der Waals surface area contributed by atoms with Crippen molar-refractivity contribution in [2.24, 2.45) is 0 Å². The molecule has 29 heavy (non-hydrogen) atoms. The van der Waals surface area contributed by atoms with Gasteiger partial charge in [0.2, 0.25) is 12.5 Å². The molecular weight excluding hydrogens is 374 g/mol. The maximum absolute atomic E-state index is 5.79. The summed E-state index contributed by atoms with van der Waals surface area (Å²) in [7, 11) is 5.33. The lowest BCUT2D eigenvalue weighted by molar-refractivity contribution is 0.170. The van der Waals surface area contributed by atoms with Crippen LogP contribution >= 0.6 is 0 Å². The summed E-state index contributed by atoms with van der Waals surface area (Å²) in [6.07, 6.45) is 0.867. The van der Waals surface area contributed by atoms with Crippen LogP contribution in [0.2, 0.25) is 0 Å². The number of para-hydroxylation sites is 2. The standard InChI is InChI=1S/C20H21N5O4/c1-24-9-8-12-10-15-18(29-11-28-15)19(27-3)16(12)17(24)20-21-22-23-25(20)13-6-4-5-7-14(13)26-2/h4-7,10,17H,8-9,11H2,1-3H3. The summed E-state index contributed by atoms with van der Waals surface area (Å²) in [6.45, 7) is 1.04. The van der Waals surface area contributed by atoms with Crippen molar-refractivity contribution in [1.29, 1.82) is 0 Å². The van der Waals surface area contributed by atoms with Crippen molar-refractivity contribution in [2.45, 2.75) is 12.5 Å². The Hall–Kier alpha value is -3.33. The van der Waals surface area contributed by atoms with Gasteiger partial charge in [-0.25, -0.2) is 0 Å². The third-order valence-electron chi connectivity index (χ3n) is 5.45. The molecule has 0 aliphatic carbocycles. The fraction of sp³-hybridized carbons (Fsp3) is 0.350. The van der Waals surface area contributed by atoms with E-state index in [-0.39, 0.29) is 12.8 Å². The Morgan fingerprint density at radius 1 is 1.14 bits per heavy atom. The fourth-order valence-corrected chi connectivity index (χ4v) is 4.10. The average molecular weight is 395 g/mol. The normalized spacial score (nSPS) is 17.8. The highest BCUT2D eigenvalue weighted by Gasteiger charge is 2.38. The van der Waals surface area contributed by atoms with E-state index in [0.29, 0.717) is 28.8 Å². The van der Waals surface area contributed by atoms with Crippen molar-refractivity contribution in [2.75, 3.05) is 34.6 Å². The first-order chi connectivity index (χ1) is 14.2. The molecule has 0 fully saturated rings. The lowest BCUT2D eigenvalue weighted by Crippen LogP contribution is -2.35. The number of rotatable bonds is 4. The molecule has 150 valence electrons. The summed E-state index contributed by atoms with van der Waals surface area (Å²) >= 11 is 0. The number of likely N-dealkylation sites (N-methyl/N-ethyl adjacent to an activating group) is 1. The molecule has 5 rings (SSSR count). The summed E-state index contributed by atoms with van der Waals surface area (Å²) in [5, 5.41) is 12.6. The number of ether oxygens (including phenoxy) is 4. The second kappa shape index (κ2) is 6.93. The van der Waals surface area contributed by atoms with E-state index in [4.69, 9.17) is 18.9 Å². The van der Waals surface area contributed by atoms with Crippen molar-refractivity contribution < 1.29 is 18.9 Å². The minimum Gasteiger partial charge on any atom is -0.494 e. The molecule has 2 aliphatic rings. The number of hydrogen-bond donors (Lipinski definition) is 0. The molecule has 1 atom stereocenters. The molecule has 0 N–H and O–H groups in total. The van der Waals surface area contributed by atoms with Gasteiger partial charge < -0.3 is 18.9 Å². The zero-order chi connectivity index (χ0) is 20.0. The maximum Gasteiger partial charge on any atom is 0.231 e. The molecule has 9 nitrogen and oxygen atoms in total. The summed E-state index contributed by atoms with van der Waals surface area (Å²) in [6, 6.07) is 9.48. The van der Waals surface area contributed by atoms with E-state index in [1.54, 1.807) is 18.9 Å². The minimum atomic E-state index is -0.219. The van der Waals surface area contributed by atoms with Gasteiger partial charge in [-0.2, -0.15) is 4.68 Å². The van der Waals surface area contributed by atoms with Crippen LogP contribution in [-0.4, -0.2) is 59.7 Å². The van der Waals surface area contributed by atoms with E-state index >= 15 is 0 Å². The molecule has 9 heteroatoms. The van der Waals surface area contributed by atoms with Gasteiger partial charge in [0.15, 0.2) is 17.3 Å². The van der Waals surface area contributed by atoms with Crippen molar-refractivity contribution >= 4 is 0 Å². The van der Waals surface area contributed by atoms with Crippen LogP contribution in [0.25, 0.3) is 5.69 Å². The number of methoxy groups -OCH3 is 2. The smallest absolute Gasteiger partial charge is 0.231 e. The van der Waals surface area contributed by atoms with Gasteiger partial charge in [-0.3, -0.25) is 4.90 Å². The molecular formula is C20H21N5O4. The van der Waals surface area contributed by atoms with Crippen LogP contribution < -0.4 is 18.9 Å². The Labute approximate surface area is 167 Å². The van der Waals surface area contributed by atoms with Crippen LogP contribution in [0.5, 0.6) is 23.0 Å². The molecule has 2 aliphatic heterocycles. The zero-order valence-corrected chi connectivity index (χ0v) is 16.5. The van der Waals surface area contributed by atoms with Crippen LogP contribution in [0, 0.1) is 0 Å². The Balaban J connectivity index is 1.71. The zero-order valence-electron chi connectivity index (χ0n) is 16.5. The number of benzene rings is 2. The third-order valence-corrected chi connectivity index (χ3v) is 5.45. The number of tetrazole rings is 1. The van der Waals surface area contributed by atoms with Crippen LogP contribution in [-0.2, 0) is 6.42 Å². The SMILES string of the molecule is COc1ccccc1-n1nnnc1C1c2c(cc3c(c2OC)OCO3)CCN1C. The van der Waals surface area contributed by atoms with Crippen LogP contribution in [0.1, 0.15) is 23.0 Å². The second-order valence-electron chi connectivity index (χ2n) is 6.97. The van der Waals surface area contributed by atoms with Crippen LogP contribution in [0.15, 0.2) is 30.3 Å². The molecule has 0 amide bonds. The largest absolute Gasteiger partial charge is 0.494 e. The van der Waals surface area contributed by atoms with Crippen LogP contribution in [0.4, 0.5) is 0 Å². The van der Waals surface area contributed by atoms with Crippen molar-refractivity contribution in [3.8, 4) is 28.7 Å². The molecule has 0 saturated heterocycles. The van der Waals surface area contributed by atoms with E-state index in [0.717, 1.165) is 29.8 Å². The Morgan fingerprint density at radius 2 is 2.00 bits per heavy atom. The quantitative estimate of drug-likeness (QED) is 0.663. The van der Waals surface area contributed by atoms with E-state index in [2.05, 4.69) is 27.5 Å². The lowest BCUT2D eigenvalue weighted by atomic mass is 9.90. The number of aromatic nitrogens is 4. The van der Waals surface area contributed by atoms with Gasteiger partial charge in [-0.05, 0) is 47.7 Å². The summed E-state index contributed by atoms with van der Waals surface area (Å²) in [5.41, 5.74) is 2.91. The highest BCUT2D eigenvalue weighted by Crippen LogP contribution is 2.50. The number of fused-ring (bicyclic) bond motifs is 2. The van der Waals surface area contributed by atoms with E-state index in [1.165, 1.54) is 0 Å². The predicted octanol–water partition coefficient (Wildman–Crippen LogP) is 1.99. The van der Waals surface area contributed by atoms with Gasteiger partial charge in [0.25, 0.3) is 0 Å². The number of nitrogens with zero attached hydrogens (tertiary/aromatic N) is 5. The van der Waals surface area contributed by atoms with Gasteiger partial charge in [0.1, 0.15) is 17.5 Å². The summed E-state index contributed by atoms with van der Waals surface area (Å²) in [5.74, 6) is 3.38. The molecule has 0 saturated carbocycles. The molecule has 0 bridgehead atoms. The van der Waals surface area contributed by atoms with E-state index in [9.17, 15) is 0 Å². The van der Waals surface area contributed by atoms with Crippen molar-refractivity contribution in [3.05, 3.63) is 47.3 Å². The Morgan fingerprint density at radius 3 is 2.83 bits per heavy atom. The summed E-state index contributed by atoms with van der Waals surface area (Å²) < 4.78 is 24.3. The molecule has 1 unspecified atom stereocenters. The van der Waals surface area contributed by atoms with E-state index in [1.807, 2.05) is 30.3 Å². The first-order valence-electron chi connectivity index (χ1n) is 9.34. The Kier molecular flexibility index (Phi) is 4.24. The Bertz CT molecular complexity index is 1070. The van der Waals surface area contributed by atoms with Crippen molar-refractivity contribution in [1.82, 2.24) is 25.1 Å². The molecule has 0 spiro atoms. The highest BCUT2D eigenvalue weighted by molar-refractivity contribution is 5.63. The summed E-state index contributed by atoms with van der Waals surface area (Å²) in [4.78, 5) is 2.21. The van der Waals surface area contributed by atoms with Gasteiger partial charge in [-0.1, -0.05) is 12.1 Å². The lowest BCUT2D eigenvalue weighted by Gasteiger charge is -2.34. The first-order valence-corrected chi connectivity index (χ1v) is 9.34. The predicted molar refractivity (Wildman–Crippen MR) is 103 cm³/mol. The highest BCUT2D eigenvalue weighted by atomic mass is 16.7. The fourth-order valence-electron chi connectivity index (χ4n) is 4.10. The monoisotopic (exact) mass is 395 g/mol. The van der Waals surface area contributed by atoms with Gasteiger partial charge in [-0.15, -0.1) is 5.10 Å². The third kappa shape index (κ3) is 2.69. The minimum absolute atomic E-state index is 0.189. The van der Waals surface area contributed by atoms with E-state index < -0.39 is 0 Å². The van der Waals surface area contributed by atoms with Crippen LogP contribution in [0.3, 0.4) is 0 Å². The molecule has 2 aromatic carbocycles. The average Bonchev–Trinajstić information content (AvgIpc) is 3.41. The molecule has 0 radical (unpaired) electrons. The van der Waals surface area contributed by atoms with Gasteiger partial charge >= 0.3 is 0 Å². The topological polar surface area (TPSA) is 83.8 Å². The van der Waals surface area contributed by atoms with Gasteiger partial charge in [0, 0.05) is 12.1 Å². The molecule has 1 aromatic heterocycles. The molecule has 3 aromatic rings. The maximum atomic E-state index is 5.79. The second-order valence-corrected chi connectivity index (χ2v) is 6.97. The number of hydrogen-bond acceptors (Lipinski definition) is 8. The van der Waals surface area contributed by atoms with Gasteiger partial charge in [0.05, 0.1) is 14.2 Å². The van der Waals surface area contributed by atoms with Crippen molar-refractivity contribution in [3.63, 3.8) is 0 Å².